The highest BCUT2D eigenvalue weighted by Gasteiger charge is 2.62. The maximum absolute atomic E-state index is 14.9. The summed E-state index contributed by atoms with van der Waals surface area (Å²) in [5.74, 6) is -0.717. The van der Waals surface area contributed by atoms with Gasteiger partial charge in [-0.2, -0.15) is 18.3 Å². The molecule has 1 aliphatic carbocycles. The van der Waals surface area contributed by atoms with Crippen LogP contribution in [0.5, 0.6) is 0 Å². The minimum absolute atomic E-state index is 0.107. The molecular weight excluding hydrogens is 486 g/mol. The first-order valence-electron chi connectivity index (χ1n) is 11.2. The lowest BCUT2D eigenvalue weighted by atomic mass is 9.64. The van der Waals surface area contributed by atoms with Gasteiger partial charge in [0.2, 0.25) is 11.8 Å². The van der Waals surface area contributed by atoms with Crippen molar-refractivity contribution >= 4 is 11.7 Å². The third-order valence-electron chi connectivity index (χ3n) is 6.61. The standard InChI is InChI=1S/C22H23F4N7O3/c1-11-4-12-8-21(7-11,19-30-29-17(36-19)9-35-3)33(12)20(34)28-16-5-13(18-27-10-32(2)31-18)14(6-15(16)23)22(24,25)26/h5-6,10-12H,4,7-9H2,1-3H3,(H,28,34)/t11-,12+,21-/m0/s1. The smallest absolute Gasteiger partial charge is 0.417 e. The number of methoxy groups -OCH3 is 1. The van der Waals surface area contributed by atoms with Crippen molar-refractivity contribution in [3.05, 3.63) is 41.6 Å². The van der Waals surface area contributed by atoms with Crippen molar-refractivity contribution in [3.8, 4) is 11.4 Å². The molecule has 2 fully saturated rings. The van der Waals surface area contributed by atoms with Gasteiger partial charge in [-0.25, -0.2) is 14.2 Å². The number of anilines is 1. The molecule has 10 nitrogen and oxygen atoms in total. The Kier molecular flexibility index (Phi) is 5.73. The number of aryl methyl sites for hydroxylation is 1. The predicted octanol–water partition coefficient (Wildman–Crippen LogP) is 4.10. The molecule has 2 amide bonds. The average Bonchev–Trinajstić information content (AvgIpc) is 3.43. The maximum atomic E-state index is 14.9. The summed E-state index contributed by atoms with van der Waals surface area (Å²) in [5.41, 5.74) is -3.01. The molecule has 2 bridgehead atoms. The molecule has 0 spiro atoms. The molecule has 1 aliphatic heterocycles. The van der Waals surface area contributed by atoms with Crippen molar-refractivity contribution in [2.75, 3.05) is 12.4 Å². The van der Waals surface area contributed by atoms with Crippen molar-refractivity contribution < 1.29 is 31.5 Å². The summed E-state index contributed by atoms with van der Waals surface area (Å²) < 4.78 is 67.8. The first-order valence-corrected chi connectivity index (χ1v) is 11.2. The molecule has 1 saturated heterocycles. The minimum atomic E-state index is -4.86. The Morgan fingerprint density at radius 3 is 2.75 bits per heavy atom. The fraction of sp³-hybridized carbons (Fsp3) is 0.500. The van der Waals surface area contributed by atoms with E-state index in [0.29, 0.717) is 25.3 Å². The Bertz CT molecular complexity index is 1310. The Morgan fingerprint density at radius 1 is 1.31 bits per heavy atom. The van der Waals surface area contributed by atoms with Gasteiger partial charge in [0.05, 0.1) is 11.3 Å². The normalized spacial score (nSPS) is 23.5. The van der Waals surface area contributed by atoms with E-state index in [-0.39, 0.29) is 36.2 Å². The van der Waals surface area contributed by atoms with Crippen LogP contribution in [-0.2, 0) is 30.1 Å². The van der Waals surface area contributed by atoms with E-state index >= 15 is 0 Å². The highest BCUT2D eigenvalue weighted by atomic mass is 19.4. The summed E-state index contributed by atoms with van der Waals surface area (Å²) in [7, 11) is 2.98. The van der Waals surface area contributed by atoms with E-state index in [9.17, 15) is 22.4 Å². The van der Waals surface area contributed by atoms with Crippen molar-refractivity contribution in [3.63, 3.8) is 0 Å². The van der Waals surface area contributed by atoms with Gasteiger partial charge in [0, 0.05) is 32.2 Å². The molecule has 2 aromatic heterocycles. The fourth-order valence-corrected chi connectivity index (χ4v) is 5.30. The van der Waals surface area contributed by atoms with Crippen LogP contribution >= 0.6 is 0 Å². The highest BCUT2D eigenvalue weighted by molar-refractivity contribution is 5.92. The molecule has 1 saturated carbocycles. The second kappa shape index (κ2) is 8.54. The molecule has 1 aromatic carbocycles. The molecule has 3 atom stereocenters. The maximum Gasteiger partial charge on any atom is 0.417 e. The lowest BCUT2D eigenvalue weighted by Crippen LogP contribution is -2.70. The van der Waals surface area contributed by atoms with E-state index in [1.807, 2.05) is 6.92 Å². The first-order chi connectivity index (χ1) is 17.0. The summed E-state index contributed by atoms with van der Waals surface area (Å²) >= 11 is 0. The van der Waals surface area contributed by atoms with Crippen LogP contribution in [0.15, 0.2) is 22.9 Å². The largest absolute Gasteiger partial charge is 0.420 e. The number of nitrogens with one attached hydrogen (secondary N) is 1. The average molecular weight is 509 g/mol. The number of alkyl halides is 3. The zero-order valence-corrected chi connectivity index (χ0v) is 19.6. The van der Waals surface area contributed by atoms with Gasteiger partial charge in [-0.1, -0.05) is 6.92 Å². The van der Waals surface area contributed by atoms with Gasteiger partial charge in [0.25, 0.3) is 0 Å². The quantitative estimate of drug-likeness (QED) is 0.516. The number of likely N-dealkylation sites (tertiary alicyclic amines) is 1. The number of hydrogen-bond acceptors (Lipinski definition) is 7. The molecule has 192 valence electrons. The van der Waals surface area contributed by atoms with Crippen LogP contribution in [0.25, 0.3) is 11.4 Å². The summed E-state index contributed by atoms with van der Waals surface area (Å²) in [6.07, 6.45) is -1.79. The van der Waals surface area contributed by atoms with Crippen LogP contribution in [0, 0.1) is 11.7 Å². The van der Waals surface area contributed by atoms with Crippen LogP contribution < -0.4 is 5.32 Å². The number of carbonyl (C=O) groups is 1. The SMILES string of the molecule is COCc1nnc([C@]23C[C@@H](C)C[C@H](C2)N3C(=O)Nc2cc(-c3ncn(C)n3)c(C(F)(F)F)cc2F)o1. The third kappa shape index (κ3) is 3.98. The Balaban J connectivity index is 1.48. The number of nitrogens with zero attached hydrogens (tertiary/aromatic N) is 6. The molecule has 5 rings (SSSR count). The summed E-state index contributed by atoms with van der Waals surface area (Å²) in [6.45, 7) is 2.15. The lowest BCUT2D eigenvalue weighted by Gasteiger charge is -2.61. The van der Waals surface area contributed by atoms with Crippen molar-refractivity contribution in [1.82, 2.24) is 29.9 Å². The highest BCUT2D eigenvalue weighted by Crippen LogP contribution is 2.55. The van der Waals surface area contributed by atoms with Gasteiger partial charge < -0.3 is 19.4 Å². The van der Waals surface area contributed by atoms with Gasteiger partial charge in [0.15, 0.2) is 5.82 Å². The van der Waals surface area contributed by atoms with Gasteiger partial charge in [-0.05, 0) is 30.9 Å². The number of aromatic nitrogens is 5. The molecule has 0 unspecified atom stereocenters. The number of halogens is 4. The number of rotatable bonds is 5. The second-order valence-electron chi connectivity index (χ2n) is 9.29. The van der Waals surface area contributed by atoms with Gasteiger partial charge >= 0.3 is 12.2 Å². The molecule has 14 heteroatoms. The predicted molar refractivity (Wildman–Crippen MR) is 116 cm³/mol. The van der Waals surface area contributed by atoms with Crippen molar-refractivity contribution in [2.24, 2.45) is 13.0 Å². The summed E-state index contributed by atoms with van der Waals surface area (Å²) in [5, 5.41) is 14.4. The zero-order valence-electron chi connectivity index (χ0n) is 19.6. The fourth-order valence-electron chi connectivity index (χ4n) is 5.30. The Hall–Kier alpha value is -3.55. The summed E-state index contributed by atoms with van der Waals surface area (Å²) in [4.78, 5) is 18.8. The zero-order chi connectivity index (χ0) is 25.8. The number of carbonyl (C=O) groups excluding carboxylic acids is 1. The third-order valence-corrected chi connectivity index (χ3v) is 6.61. The Morgan fingerprint density at radius 2 is 2.08 bits per heavy atom. The summed E-state index contributed by atoms with van der Waals surface area (Å²) in [6, 6.07) is 0.397. The van der Waals surface area contributed by atoms with Gasteiger partial charge in [-0.15, -0.1) is 10.2 Å². The molecule has 0 radical (unpaired) electrons. The minimum Gasteiger partial charge on any atom is -0.420 e. The number of piperidine rings is 1. The number of benzene rings is 1. The number of fused-ring (bicyclic) bond motifs is 2. The van der Waals surface area contributed by atoms with Crippen molar-refractivity contribution in [1.29, 1.82) is 0 Å². The molecular formula is C22H23F4N7O3. The van der Waals surface area contributed by atoms with Crippen molar-refractivity contribution in [2.45, 2.75) is 50.6 Å². The number of amides is 2. The molecule has 2 aliphatic rings. The van der Waals surface area contributed by atoms with E-state index in [4.69, 9.17) is 9.15 Å². The molecule has 3 heterocycles. The van der Waals surface area contributed by atoms with Crippen LogP contribution in [0.1, 0.15) is 43.5 Å². The van der Waals surface area contributed by atoms with E-state index in [1.54, 1.807) is 0 Å². The topological polar surface area (TPSA) is 111 Å². The van der Waals surface area contributed by atoms with E-state index in [0.717, 1.165) is 6.07 Å². The molecule has 1 N–H and O–H groups in total. The molecule has 3 aromatic rings. The number of urea groups is 1. The van der Waals surface area contributed by atoms with Crippen LogP contribution in [0.2, 0.25) is 0 Å². The number of hydrogen-bond donors (Lipinski definition) is 1. The van der Waals surface area contributed by atoms with Crippen LogP contribution in [-0.4, -0.2) is 49.0 Å². The van der Waals surface area contributed by atoms with E-state index in [1.165, 1.54) is 30.1 Å². The monoisotopic (exact) mass is 509 g/mol. The first kappa shape index (κ1) is 24.2. The molecule has 36 heavy (non-hydrogen) atoms. The van der Waals surface area contributed by atoms with Gasteiger partial charge in [-0.3, -0.25) is 4.68 Å². The number of ether oxygens (including phenoxy) is 1. The van der Waals surface area contributed by atoms with E-state index in [2.05, 4.69) is 25.6 Å². The second-order valence-corrected chi connectivity index (χ2v) is 9.29. The Labute approximate surface area is 202 Å². The van der Waals surface area contributed by atoms with Gasteiger partial charge in [0.1, 0.15) is 24.3 Å². The lowest BCUT2D eigenvalue weighted by molar-refractivity contribution is -0.137. The van der Waals surface area contributed by atoms with E-state index < -0.39 is 40.4 Å². The van der Waals surface area contributed by atoms with Crippen LogP contribution in [0.4, 0.5) is 28.0 Å². The van der Waals surface area contributed by atoms with Crippen LogP contribution in [0.3, 0.4) is 0 Å².